The monoisotopic (exact) mass is 438 g/mol. The number of aromatic amines is 1. The number of aromatic nitrogens is 4. The summed E-state index contributed by atoms with van der Waals surface area (Å²) in [7, 11) is 0. The number of H-pyrrole nitrogens is 1. The van der Waals surface area contributed by atoms with E-state index in [4.69, 9.17) is 5.73 Å². The predicted molar refractivity (Wildman–Crippen MR) is 117 cm³/mol. The third-order valence-electron chi connectivity index (χ3n) is 5.97. The minimum atomic E-state index is -4.40. The van der Waals surface area contributed by atoms with Gasteiger partial charge in [-0.25, -0.2) is 4.98 Å². The van der Waals surface area contributed by atoms with Gasteiger partial charge in [-0.05, 0) is 55.6 Å². The number of piperidine rings is 1. The first-order valence-corrected chi connectivity index (χ1v) is 10.4. The maximum atomic E-state index is 13.0. The van der Waals surface area contributed by atoms with Gasteiger partial charge in [-0.2, -0.15) is 18.3 Å². The summed E-state index contributed by atoms with van der Waals surface area (Å²) >= 11 is 0. The molecule has 3 aromatic heterocycles. The van der Waals surface area contributed by atoms with Crippen molar-refractivity contribution >= 4 is 16.6 Å². The molecule has 1 saturated heterocycles. The van der Waals surface area contributed by atoms with Crippen LogP contribution in [0.2, 0.25) is 0 Å². The maximum absolute atomic E-state index is 13.0. The van der Waals surface area contributed by atoms with E-state index < -0.39 is 11.7 Å². The number of nitrogens with zero attached hydrogens (tertiary/aromatic N) is 3. The van der Waals surface area contributed by atoms with Gasteiger partial charge >= 0.3 is 6.18 Å². The topological polar surface area (TPSA) is 92.5 Å². The third-order valence-corrected chi connectivity index (χ3v) is 5.97. The van der Waals surface area contributed by atoms with Gasteiger partial charge < -0.3 is 11.1 Å². The van der Waals surface area contributed by atoms with E-state index in [1.807, 2.05) is 6.07 Å². The number of rotatable bonds is 3. The molecule has 0 atom stereocenters. The highest BCUT2D eigenvalue weighted by Crippen LogP contribution is 2.36. The molecule has 4 heterocycles. The van der Waals surface area contributed by atoms with Gasteiger partial charge in [-0.3, -0.25) is 10.1 Å². The molecule has 9 heteroatoms. The van der Waals surface area contributed by atoms with Gasteiger partial charge in [0.1, 0.15) is 5.82 Å². The lowest BCUT2D eigenvalue weighted by Crippen LogP contribution is -2.27. The summed E-state index contributed by atoms with van der Waals surface area (Å²) in [5.74, 6) is 0.691. The molecular formula is C23H21F3N6. The van der Waals surface area contributed by atoms with Crippen LogP contribution < -0.4 is 11.1 Å². The number of halogens is 3. The Labute approximate surface area is 182 Å². The number of alkyl halides is 3. The molecule has 4 aromatic rings. The van der Waals surface area contributed by atoms with Crippen LogP contribution in [0.15, 0.2) is 48.9 Å². The summed E-state index contributed by atoms with van der Waals surface area (Å²) in [6, 6.07) is 7.26. The van der Waals surface area contributed by atoms with Crippen LogP contribution in [0.25, 0.3) is 33.2 Å². The van der Waals surface area contributed by atoms with Crippen molar-refractivity contribution in [3.63, 3.8) is 0 Å². The standard InChI is InChI=1S/C23H21F3N6/c24-23(25,26)17-2-1-14-9-20(29-10-15(14)7-17)18-8-16(11-30-22(18)27)19-12-31-32-21(19)13-3-5-28-6-4-13/h1-2,7-13,28H,3-6H2,(H2,27,30)(H,31,32). The fraction of sp³-hybridized carbons (Fsp3) is 0.261. The lowest BCUT2D eigenvalue weighted by atomic mass is 9.90. The fourth-order valence-electron chi connectivity index (χ4n) is 4.24. The van der Waals surface area contributed by atoms with Gasteiger partial charge in [-0.1, -0.05) is 6.07 Å². The fourth-order valence-corrected chi connectivity index (χ4v) is 4.24. The van der Waals surface area contributed by atoms with Gasteiger partial charge in [0.05, 0.1) is 17.5 Å². The Morgan fingerprint density at radius 1 is 0.906 bits per heavy atom. The molecule has 1 aliphatic rings. The van der Waals surface area contributed by atoms with Gasteiger partial charge in [0.2, 0.25) is 0 Å². The van der Waals surface area contributed by atoms with Crippen LogP contribution in [0.5, 0.6) is 0 Å². The summed E-state index contributed by atoms with van der Waals surface area (Å²) in [4.78, 5) is 8.74. The van der Waals surface area contributed by atoms with Crippen molar-refractivity contribution in [1.29, 1.82) is 0 Å². The second kappa shape index (κ2) is 7.90. The number of nitrogen functional groups attached to an aromatic ring is 1. The molecule has 0 aliphatic carbocycles. The van der Waals surface area contributed by atoms with E-state index in [0.717, 1.165) is 54.9 Å². The van der Waals surface area contributed by atoms with Crippen LogP contribution in [-0.2, 0) is 6.18 Å². The normalized spacial score (nSPS) is 15.3. The number of anilines is 1. The van der Waals surface area contributed by atoms with E-state index >= 15 is 0 Å². The number of nitrogens with two attached hydrogens (primary N) is 1. The molecule has 0 unspecified atom stereocenters. The number of fused-ring (bicyclic) bond motifs is 1. The smallest absolute Gasteiger partial charge is 0.383 e. The average molecular weight is 438 g/mol. The first kappa shape index (κ1) is 20.4. The van der Waals surface area contributed by atoms with Gasteiger partial charge in [0, 0.05) is 46.1 Å². The second-order valence-corrected chi connectivity index (χ2v) is 8.01. The van der Waals surface area contributed by atoms with Crippen LogP contribution in [0, 0.1) is 0 Å². The highest BCUT2D eigenvalue weighted by molar-refractivity contribution is 5.88. The van der Waals surface area contributed by atoms with E-state index in [1.54, 1.807) is 18.5 Å². The van der Waals surface area contributed by atoms with Crippen molar-refractivity contribution in [2.45, 2.75) is 24.9 Å². The molecular weight excluding hydrogens is 417 g/mol. The third kappa shape index (κ3) is 3.80. The molecule has 0 amide bonds. The molecule has 32 heavy (non-hydrogen) atoms. The molecule has 6 nitrogen and oxygen atoms in total. The van der Waals surface area contributed by atoms with Gasteiger partial charge in [0.15, 0.2) is 0 Å². The Bertz CT molecular complexity index is 1270. The SMILES string of the molecule is Nc1ncc(-c2cn[nH]c2C2CCNCC2)cc1-c1cc2ccc(C(F)(F)F)cc2cn1. The molecule has 0 radical (unpaired) electrons. The van der Waals surface area contributed by atoms with Crippen molar-refractivity contribution in [3.8, 4) is 22.4 Å². The predicted octanol–water partition coefficient (Wildman–Crippen LogP) is 4.75. The lowest BCUT2D eigenvalue weighted by Gasteiger charge is -2.22. The first-order valence-electron chi connectivity index (χ1n) is 10.4. The number of nitrogens with one attached hydrogen (secondary N) is 2. The number of pyridine rings is 2. The summed E-state index contributed by atoms with van der Waals surface area (Å²) in [5, 5.41) is 11.8. The van der Waals surface area contributed by atoms with Crippen LogP contribution in [0.1, 0.15) is 30.0 Å². The molecule has 5 rings (SSSR count). The first-order chi connectivity index (χ1) is 15.4. The van der Waals surface area contributed by atoms with Gasteiger partial charge in [-0.15, -0.1) is 0 Å². The van der Waals surface area contributed by atoms with Crippen molar-refractivity contribution in [2.24, 2.45) is 0 Å². The molecule has 0 spiro atoms. The average Bonchev–Trinajstić information content (AvgIpc) is 3.29. The molecule has 1 aromatic carbocycles. The summed E-state index contributed by atoms with van der Waals surface area (Å²) in [6.45, 7) is 1.93. The Morgan fingerprint density at radius 3 is 2.50 bits per heavy atom. The minimum Gasteiger partial charge on any atom is -0.383 e. The zero-order valence-electron chi connectivity index (χ0n) is 17.1. The van der Waals surface area contributed by atoms with Crippen molar-refractivity contribution < 1.29 is 13.2 Å². The molecule has 1 aliphatic heterocycles. The maximum Gasteiger partial charge on any atom is 0.416 e. The highest BCUT2D eigenvalue weighted by Gasteiger charge is 2.30. The van der Waals surface area contributed by atoms with Crippen LogP contribution in [-0.4, -0.2) is 33.3 Å². The van der Waals surface area contributed by atoms with Crippen LogP contribution in [0.4, 0.5) is 19.0 Å². The Hall–Kier alpha value is -3.46. The van der Waals surface area contributed by atoms with E-state index in [9.17, 15) is 13.2 Å². The largest absolute Gasteiger partial charge is 0.416 e. The quantitative estimate of drug-likeness (QED) is 0.429. The van der Waals surface area contributed by atoms with E-state index in [-0.39, 0.29) is 0 Å². The van der Waals surface area contributed by atoms with Crippen molar-refractivity contribution in [3.05, 3.63) is 60.2 Å². The molecule has 164 valence electrons. The Balaban J connectivity index is 1.53. The van der Waals surface area contributed by atoms with Crippen LogP contribution in [0.3, 0.4) is 0 Å². The summed E-state index contributed by atoms with van der Waals surface area (Å²) < 4.78 is 39.0. The number of hydrogen-bond acceptors (Lipinski definition) is 5. The van der Waals surface area contributed by atoms with Crippen molar-refractivity contribution in [2.75, 3.05) is 18.8 Å². The number of benzene rings is 1. The lowest BCUT2D eigenvalue weighted by molar-refractivity contribution is -0.137. The zero-order chi connectivity index (χ0) is 22.3. The van der Waals surface area contributed by atoms with Crippen molar-refractivity contribution in [1.82, 2.24) is 25.5 Å². The van der Waals surface area contributed by atoms with E-state index in [0.29, 0.717) is 33.8 Å². The summed E-state index contributed by atoms with van der Waals surface area (Å²) in [5.41, 5.74) is 9.55. The minimum absolute atomic E-state index is 0.305. The number of hydrogen-bond donors (Lipinski definition) is 3. The summed E-state index contributed by atoms with van der Waals surface area (Å²) in [6.07, 6.45) is 2.59. The molecule has 1 fully saturated rings. The van der Waals surface area contributed by atoms with Gasteiger partial charge in [0.25, 0.3) is 0 Å². The van der Waals surface area contributed by atoms with E-state index in [1.165, 1.54) is 12.3 Å². The molecule has 0 bridgehead atoms. The second-order valence-electron chi connectivity index (χ2n) is 8.01. The zero-order valence-corrected chi connectivity index (χ0v) is 17.1. The Kier molecular flexibility index (Phi) is 5.05. The Morgan fingerprint density at radius 2 is 1.72 bits per heavy atom. The molecule has 0 saturated carbocycles. The highest BCUT2D eigenvalue weighted by atomic mass is 19.4. The van der Waals surface area contributed by atoms with E-state index in [2.05, 4.69) is 25.5 Å². The van der Waals surface area contributed by atoms with Crippen LogP contribution >= 0.6 is 0 Å². The molecule has 4 N–H and O–H groups in total.